The van der Waals surface area contributed by atoms with Gasteiger partial charge < -0.3 is 20.5 Å². The van der Waals surface area contributed by atoms with Gasteiger partial charge in [-0.15, -0.1) is 0 Å². The Kier molecular flexibility index (Phi) is 7.45. The number of aromatic hydroxyl groups is 1. The number of aliphatic hydroxyl groups is 1. The molecule has 0 spiro atoms. The molecule has 0 radical (unpaired) electrons. The van der Waals surface area contributed by atoms with Crippen LogP contribution >= 0.6 is 0 Å². The third kappa shape index (κ3) is 5.92. The quantitative estimate of drug-likeness (QED) is 0.303. The summed E-state index contributed by atoms with van der Waals surface area (Å²) < 4.78 is 27.1. The van der Waals surface area contributed by atoms with Gasteiger partial charge in [-0.05, 0) is 56.1 Å². The van der Waals surface area contributed by atoms with Crippen molar-refractivity contribution in [2.45, 2.75) is 30.8 Å². The lowest BCUT2D eigenvalue weighted by Crippen LogP contribution is -2.26. The van der Waals surface area contributed by atoms with E-state index in [1.165, 1.54) is 12.1 Å². The van der Waals surface area contributed by atoms with Gasteiger partial charge in [0.25, 0.3) is 0 Å². The van der Waals surface area contributed by atoms with Crippen LogP contribution in [0.2, 0.25) is 0 Å². The van der Waals surface area contributed by atoms with Crippen LogP contribution in [0.3, 0.4) is 0 Å². The molecule has 0 fully saturated rings. The van der Waals surface area contributed by atoms with Crippen LogP contribution in [0.25, 0.3) is 10.9 Å². The topological polar surface area (TPSA) is 132 Å². The molecule has 0 saturated carbocycles. The van der Waals surface area contributed by atoms with Gasteiger partial charge in [-0.25, -0.2) is 13.1 Å². The molecule has 0 unspecified atom stereocenters. The number of fused-ring (bicyclic) bond motifs is 1. The zero-order valence-electron chi connectivity index (χ0n) is 17.3. The van der Waals surface area contributed by atoms with E-state index in [0.29, 0.717) is 36.0 Å². The van der Waals surface area contributed by atoms with Crippen LogP contribution < -0.4 is 15.6 Å². The largest absolute Gasteiger partial charge is 0.506 e. The van der Waals surface area contributed by atoms with Crippen molar-refractivity contribution in [3.63, 3.8) is 0 Å². The predicted octanol–water partition coefficient (Wildman–Crippen LogP) is 1.92. The van der Waals surface area contributed by atoms with Gasteiger partial charge in [-0.2, -0.15) is 0 Å². The minimum absolute atomic E-state index is 0.0512. The lowest BCUT2D eigenvalue weighted by Gasteiger charge is -2.15. The Hall–Kier alpha value is -2.72. The molecule has 8 nitrogen and oxygen atoms in total. The summed E-state index contributed by atoms with van der Waals surface area (Å²) in [5.41, 5.74) is 1.57. The summed E-state index contributed by atoms with van der Waals surface area (Å²) in [7, 11) is -3.50. The van der Waals surface area contributed by atoms with Crippen molar-refractivity contribution in [2.75, 3.05) is 19.6 Å². The minimum atomic E-state index is -3.50. The Morgan fingerprint density at radius 3 is 2.45 bits per heavy atom. The van der Waals surface area contributed by atoms with Crippen molar-refractivity contribution >= 4 is 20.9 Å². The summed E-state index contributed by atoms with van der Waals surface area (Å²) in [6.45, 7) is 3.12. The van der Waals surface area contributed by atoms with Crippen molar-refractivity contribution in [1.82, 2.24) is 15.0 Å². The van der Waals surface area contributed by atoms with Crippen molar-refractivity contribution in [1.29, 1.82) is 0 Å². The highest BCUT2D eigenvalue weighted by Crippen LogP contribution is 2.28. The first kappa shape index (κ1) is 23.0. The number of aromatic amines is 1. The highest BCUT2D eigenvalue weighted by molar-refractivity contribution is 7.89. The lowest BCUT2D eigenvalue weighted by atomic mass is 10.0. The van der Waals surface area contributed by atoms with Crippen molar-refractivity contribution < 1.29 is 18.6 Å². The Morgan fingerprint density at radius 1 is 1.00 bits per heavy atom. The highest BCUT2D eigenvalue weighted by Gasteiger charge is 2.14. The first-order valence-electron chi connectivity index (χ1n) is 10.1. The third-order valence-corrected chi connectivity index (χ3v) is 6.48. The number of unbranched alkanes of at least 4 members (excludes halogenated alkanes) is 1. The van der Waals surface area contributed by atoms with Gasteiger partial charge in [0, 0.05) is 24.5 Å². The Labute approximate surface area is 181 Å². The van der Waals surface area contributed by atoms with Gasteiger partial charge in [0.1, 0.15) is 5.75 Å². The zero-order valence-corrected chi connectivity index (χ0v) is 18.1. The van der Waals surface area contributed by atoms with Crippen LogP contribution in [-0.2, 0) is 10.0 Å². The summed E-state index contributed by atoms with van der Waals surface area (Å²) in [5, 5.41) is 24.2. The fourth-order valence-corrected chi connectivity index (χ4v) is 4.35. The lowest BCUT2D eigenvalue weighted by molar-refractivity contribution is 0.176. The van der Waals surface area contributed by atoms with Crippen molar-refractivity contribution in [2.24, 2.45) is 0 Å². The normalized spacial score (nSPS) is 12.8. The van der Waals surface area contributed by atoms with E-state index in [0.717, 1.165) is 12.0 Å². The van der Waals surface area contributed by atoms with E-state index >= 15 is 0 Å². The summed E-state index contributed by atoms with van der Waals surface area (Å²) in [6, 6.07) is 12.7. The average Bonchev–Trinajstić information content (AvgIpc) is 2.74. The Balaban J connectivity index is 1.43. The molecule has 0 saturated heterocycles. The molecule has 3 aromatic rings. The Morgan fingerprint density at radius 2 is 1.71 bits per heavy atom. The van der Waals surface area contributed by atoms with E-state index in [1.807, 2.05) is 6.92 Å². The number of phenolic OH excluding ortho intramolecular Hbond substituents is 1. The van der Waals surface area contributed by atoms with Crippen LogP contribution in [0, 0.1) is 6.92 Å². The second-order valence-corrected chi connectivity index (χ2v) is 9.19. The molecule has 0 aliphatic heterocycles. The standard InChI is InChI=1S/C22H27N3O5S/c1-15-4-6-16(7-5-15)31(29,30)24-13-3-2-12-23-14-20(27)17-8-10-19(26)22-18(17)9-11-21(28)25-22/h4-11,20,23-24,26-27H,2-3,12-14H2,1H3,(H,25,28)/t20-/m1/s1. The van der Waals surface area contributed by atoms with Crippen LogP contribution in [-0.4, -0.2) is 43.2 Å². The fourth-order valence-electron chi connectivity index (χ4n) is 3.28. The van der Waals surface area contributed by atoms with E-state index in [4.69, 9.17) is 0 Å². The van der Waals surface area contributed by atoms with E-state index in [1.54, 1.807) is 36.4 Å². The van der Waals surface area contributed by atoms with Gasteiger partial charge >= 0.3 is 0 Å². The number of sulfonamides is 1. The summed E-state index contributed by atoms with van der Waals surface area (Å²) in [5.74, 6) is -0.0512. The molecule has 166 valence electrons. The molecule has 0 aliphatic carbocycles. The molecular weight excluding hydrogens is 418 g/mol. The van der Waals surface area contributed by atoms with E-state index in [9.17, 15) is 23.4 Å². The van der Waals surface area contributed by atoms with Gasteiger partial charge in [-0.1, -0.05) is 23.8 Å². The molecule has 5 N–H and O–H groups in total. The van der Waals surface area contributed by atoms with Crippen LogP contribution in [0.4, 0.5) is 0 Å². The number of aromatic nitrogens is 1. The van der Waals surface area contributed by atoms with E-state index < -0.39 is 16.1 Å². The fraction of sp³-hybridized carbons (Fsp3) is 0.318. The molecule has 0 amide bonds. The third-order valence-electron chi connectivity index (χ3n) is 5.01. The molecule has 0 bridgehead atoms. The van der Waals surface area contributed by atoms with Crippen LogP contribution in [0.5, 0.6) is 5.75 Å². The number of rotatable bonds is 10. The predicted molar refractivity (Wildman–Crippen MR) is 120 cm³/mol. The highest BCUT2D eigenvalue weighted by atomic mass is 32.2. The number of nitrogens with one attached hydrogen (secondary N) is 3. The number of aryl methyl sites for hydroxylation is 1. The maximum absolute atomic E-state index is 12.2. The first-order valence-corrected chi connectivity index (χ1v) is 11.6. The molecule has 3 rings (SSSR count). The molecule has 1 aromatic heterocycles. The van der Waals surface area contributed by atoms with E-state index in [2.05, 4.69) is 15.0 Å². The SMILES string of the molecule is Cc1ccc(S(=O)(=O)NCCCCNC[C@@H](O)c2ccc(O)c3[nH]c(=O)ccc23)cc1. The van der Waals surface area contributed by atoms with Crippen molar-refractivity contribution in [3.8, 4) is 5.75 Å². The van der Waals surface area contributed by atoms with Gasteiger partial charge in [0.2, 0.25) is 15.6 Å². The molecule has 31 heavy (non-hydrogen) atoms. The number of H-pyrrole nitrogens is 1. The number of benzene rings is 2. The maximum atomic E-state index is 12.2. The molecule has 0 aliphatic rings. The molecule has 1 atom stereocenters. The number of pyridine rings is 1. The molecule has 1 heterocycles. The average molecular weight is 446 g/mol. The zero-order chi connectivity index (χ0) is 22.4. The summed E-state index contributed by atoms with van der Waals surface area (Å²) in [6.07, 6.45) is 0.554. The number of aliphatic hydroxyl groups excluding tert-OH is 1. The second kappa shape index (κ2) is 10.1. The Bertz CT molecular complexity index is 1190. The molecular formula is C22H27N3O5S. The summed E-state index contributed by atoms with van der Waals surface area (Å²) in [4.78, 5) is 14.3. The number of hydrogen-bond acceptors (Lipinski definition) is 6. The van der Waals surface area contributed by atoms with Crippen LogP contribution in [0.15, 0.2) is 58.2 Å². The number of hydrogen-bond donors (Lipinski definition) is 5. The molecule has 9 heteroatoms. The monoisotopic (exact) mass is 445 g/mol. The first-order chi connectivity index (χ1) is 14.8. The van der Waals surface area contributed by atoms with Gasteiger partial charge in [0.15, 0.2) is 0 Å². The second-order valence-electron chi connectivity index (χ2n) is 7.42. The van der Waals surface area contributed by atoms with Crippen molar-refractivity contribution in [3.05, 3.63) is 70.0 Å². The van der Waals surface area contributed by atoms with Gasteiger partial charge in [-0.3, -0.25) is 4.79 Å². The number of phenols is 1. The molecule has 2 aromatic carbocycles. The van der Waals surface area contributed by atoms with E-state index in [-0.39, 0.29) is 22.7 Å². The summed E-state index contributed by atoms with van der Waals surface area (Å²) >= 11 is 0. The van der Waals surface area contributed by atoms with Gasteiger partial charge in [0.05, 0.1) is 16.5 Å². The van der Waals surface area contributed by atoms with Crippen LogP contribution in [0.1, 0.15) is 30.1 Å². The maximum Gasteiger partial charge on any atom is 0.248 e. The smallest absolute Gasteiger partial charge is 0.248 e. The minimum Gasteiger partial charge on any atom is -0.506 e.